The number of methoxy groups -OCH3 is 1. The lowest BCUT2D eigenvalue weighted by atomic mass is 9.82. The van der Waals surface area contributed by atoms with Gasteiger partial charge in [-0.1, -0.05) is 12.1 Å². The molecule has 1 aromatic rings. The van der Waals surface area contributed by atoms with Crippen LogP contribution in [0.1, 0.15) is 24.8 Å². The third kappa shape index (κ3) is 3.71. The molecule has 0 aliphatic carbocycles. The summed E-state index contributed by atoms with van der Waals surface area (Å²) in [6.45, 7) is 1.40. The molecule has 2 N–H and O–H groups in total. The van der Waals surface area contributed by atoms with Gasteiger partial charge in [0.1, 0.15) is 11.9 Å². The molecule has 2 atom stereocenters. The average molecular weight is 335 g/mol. The molecule has 2 aliphatic rings. The normalized spacial score (nSPS) is 26.4. The first-order chi connectivity index (χ1) is 11.5. The minimum absolute atomic E-state index is 0.0921. The number of hydrogen-bond donors (Lipinski definition) is 2. The van der Waals surface area contributed by atoms with E-state index in [0.717, 1.165) is 11.3 Å². The molecule has 2 saturated heterocycles. The Bertz CT molecular complexity index is 583. The van der Waals surface area contributed by atoms with Gasteiger partial charge in [0.05, 0.1) is 31.8 Å². The Morgan fingerprint density at radius 3 is 2.75 bits per heavy atom. The first kappa shape index (κ1) is 17.2. The molecular formula is C18H25NO5. The van der Waals surface area contributed by atoms with Crippen molar-refractivity contribution in [3.8, 4) is 5.75 Å². The van der Waals surface area contributed by atoms with Crippen LogP contribution in [0, 0.1) is 0 Å². The number of aliphatic hydroxyl groups is 2. The van der Waals surface area contributed by atoms with Gasteiger partial charge < -0.3 is 24.6 Å². The Kier molecular flexibility index (Phi) is 5.08. The van der Waals surface area contributed by atoms with Crippen molar-refractivity contribution >= 4 is 5.91 Å². The van der Waals surface area contributed by atoms with Crippen LogP contribution in [0.2, 0.25) is 0 Å². The molecule has 0 radical (unpaired) electrons. The van der Waals surface area contributed by atoms with E-state index in [1.807, 2.05) is 29.2 Å². The number of nitrogens with zero attached hydrogens (tertiary/aromatic N) is 1. The fourth-order valence-electron chi connectivity index (χ4n) is 3.53. The van der Waals surface area contributed by atoms with Gasteiger partial charge in [-0.25, -0.2) is 0 Å². The highest BCUT2D eigenvalue weighted by Crippen LogP contribution is 2.35. The van der Waals surface area contributed by atoms with Gasteiger partial charge in [-0.2, -0.15) is 0 Å². The highest BCUT2D eigenvalue weighted by atomic mass is 16.5. The summed E-state index contributed by atoms with van der Waals surface area (Å²) in [6.07, 6.45) is 0.640. The lowest BCUT2D eigenvalue weighted by Crippen LogP contribution is -2.55. The fourth-order valence-corrected chi connectivity index (χ4v) is 3.53. The maximum absolute atomic E-state index is 12.5. The number of carbonyl (C=O) groups is 1. The Morgan fingerprint density at radius 1 is 1.33 bits per heavy atom. The molecule has 3 rings (SSSR count). The summed E-state index contributed by atoms with van der Waals surface area (Å²) < 4.78 is 11.0. The van der Waals surface area contributed by atoms with E-state index in [9.17, 15) is 15.0 Å². The largest absolute Gasteiger partial charge is 0.497 e. The van der Waals surface area contributed by atoms with Gasteiger partial charge in [0.25, 0.3) is 0 Å². The lowest BCUT2D eigenvalue weighted by molar-refractivity contribution is -0.188. The monoisotopic (exact) mass is 335 g/mol. The molecule has 2 heterocycles. The highest BCUT2D eigenvalue weighted by Gasteiger charge is 2.43. The van der Waals surface area contributed by atoms with Crippen LogP contribution < -0.4 is 4.74 Å². The van der Waals surface area contributed by atoms with E-state index in [4.69, 9.17) is 9.47 Å². The number of carbonyl (C=O) groups excluding carboxylic acids is 1. The van der Waals surface area contributed by atoms with Crippen LogP contribution in [-0.2, 0) is 16.0 Å². The van der Waals surface area contributed by atoms with Crippen LogP contribution in [0.25, 0.3) is 0 Å². The van der Waals surface area contributed by atoms with Crippen molar-refractivity contribution in [1.82, 2.24) is 4.90 Å². The minimum atomic E-state index is -0.802. The number of likely N-dealkylation sites (tertiary alicyclic amines) is 1. The Balaban J connectivity index is 1.55. The van der Waals surface area contributed by atoms with Crippen LogP contribution >= 0.6 is 0 Å². The first-order valence-electron chi connectivity index (χ1n) is 8.42. The Labute approximate surface area is 142 Å². The van der Waals surface area contributed by atoms with E-state index in [1.54, 1.807) is 7.11 Å². The van der Waals surface area contributed by atoms with Crippen LogP contribution in [0.15, 0.2) is 24.3 Å². The van der Waals surface area contributed by atoms with E-state index >= 15 is 0 Å². The maximum atomic E-state index is 12.5. The molecule has 132 valence electrons. The third-order valence-corrected chi connectivity index (χ3v) is 5.10. The van der Waals surface area contributed by atoms with Gasteiger partial charge in [-0.15, -0.1) is 0 Å². The van der Waals surface area contributed by atoms with E-state index in [-0.39, 0.29) is 12.5 Å². The number of piperidine rings is 1. The number of aliphatic hydroxyl groups excluding tert-OH is 2. The Morgan fingerprint density at radius 2 is 2.08 bits per heavy atom. The van der Waals surface area contributed by atoms with Gasteiger partial charge in [-0.05, 0) is 30.5 Å². The first-order valence-corrected chi connectivity index (χ1v) is 8.42. The topological polar surface area (TPSA) is 79.2 Å². The summed E-state index contributed by atoms with van der Waals surface area (Å²) >= 11 is 0. The highest BCUT2D eigenvalue weighted by molar-refractivity contribution is 5.79. The van der Waals surface area contributed by atoms with Crippen molar-refractivity contribution < 1.29 is 24.5 Å². The molecular weight excluding hydrogens is 310 g/mol. The number of rotatable bonds is 3. The van der Waals surface area contributed by atoms with E-state index in [0.29, 0.717) is 38.8 Å². The van der Waals surface area contributed by atoms with Crippen LogP contribution in [-0.4, -0.2) is 65.6 Å². The zero-order chi connectivity index (χ0) is 17.2. The van der Waals surface area contributed by atoms with Gasteiger partial charge in [-0.3, -0.25) is 4.79 Å². The molecule has 1 spiro atoms. The smallest absolute Gasteiger partial charge is 0.226 e. The SMILES string of the molecule is COc1cccc(CC(=O)N2CCC3(CC2)C[C@@H](O)[C@@H](O)CO3)c1. The van der Waals surface area contributed by atoms with E-state index < -0.39 is 17.8 Å². The molecule has 0 saturated carbocycles. The van der Waals surface area contributed by atoms with Crippen LogP contribution in [0.3, 0.4) is 0 Å². The van der Waals surface area contributed by atoms with Crippen LogP contribution in [0.4, 0.5) is 0 Å². The van der Waals surface area contributed by atoms with Crippen molar-refractivity contribution in [2.45, 2.75) is 43.5 Å². The van der Waals surface area contributed by atoms with Crippen molar-refractivity contribution in [2.75, 3.05) is 26.8 Å². The van der Waals surface area contributed by atoms with E-state index in [2.05, 4.69) is 0 Å². The molecule has 6 nitrogen and oxygen atoms in total. The predicted molar refractivity (Wildman–Crippen MR) is 87.8 cm³/mol. The third-order valence-electron chi connectivity index (χ3n) is 5.10. The summed E-state index contributed by atoms with van der Waals surface area (Å²) in [5, 5.41) is 19.5. The summed E-state index contributed by atoms with van der Waals surface area (Å²) in [7, 11) is 1.61. The lowest BCUT2D eigenvalue weighted by Gasteiger charge is -2.46. The quantitative estimate of drug-likeness (QED) is 0.852. The summed E-state index contributed by atoms with van der Waals surface area (Å²) in [5.41, 5.74) is 0.540. The zero-order valence-electron chi connectivity index (χ0n) is 14.0. The summed E-state index contributed by atoms with van der Waals surface area (Å²) in [4.78, 5) is 14.4. The fraction of sp³-hybridized carbons (Fsp3) is 0.611. The Hall–Kier alpha value is -1.63. The van der Waals surface area contributed by atoms with Crippen molar-refractivity contribution in [3.63, 3.8) is 0 Å². The second-order valence-electron chi connectivity index (χ2n) is 6.74. The summed E-state index contributed by atoms with van der Waals surface area (Å²) in [6, 6.07) is 7.55. The molecule has 0 aromatic heterocycles. The summed E-state index contributed by atoms with van der Waals surface area (Å²) in [5.74, 6) is 0.843. The zero-order valence-corrected chi connectivity index (χ0v) is 14.0. The van der Waals surface area contributed by atoms with Gasteiger partial charge in [0, 0.05) is 19.5 Å². The van der Waals surface area contributed by atoms with Gasteiger partial charge in [0.15, 0.2) is 0 Å². The number of amides is 1. The molecule has 24 heavy (non-hydrogen) atoms. The van der Waals surface area contributed by atoms with Gasteiger partial charge >= 0.3 is 0 Å². The number of benzene rings is 1. The molecule has 2 aliphatic heterocycles. The molecule has 0 unspecified atom stereocenters. The number of ether oxygens (including phenoxy) is 2. The molecule has 1 amide bonds. The second kappa shape index (κ2) is 7.09. The molecule has 1 aromatic carbocycles. The molecule has 2 fully saturated rings. The predicted octanol–water partition coefficient (Wildman–Crippen LogP) is 0.741. The number of hydrogen-bond acceptors (Lipinski definition) is 5. The van der Waals surface area contributed by atoms with Crippen molar-refractivity contribution in [3.05, 3.63) is 29.8 Å². The van der Waals surface area contributed by atoms with Crippen LogP contribution in [0.5, 0.6) is 5.75 Å². The minimum Gasteiger partial charge on any atom is -0.497 e. The van der Waals surface area contributed by atoms with E-state index in [1.165, 1.54) is 0 Å². The molecule has 0 bridgehead atoms. The van der Waals surface area contributed by atoms with Gasteiger partial charge in [0.2, 0.25) is 5.91 Å². The standard InChI is InChI=1S/C18H25NO5/c1-23-14-4-2-3-13(9-14)10-17(22)19-7-5-18(6-8-19)11-15(20)16(21)12-24-18/h2-4,9,15-16,20-21H,5-8,10-12H2,1H3/t15-,16+/m1/s1. The van der Waals surface area contributed by atoms with Crippen molar-refractivity contribution in [2.24, 2.45) is 0 Å². The van der Waals surface area contributed by atoms with Crippen molar-refractivity contribution in [1.29, 1.82) is 0 Å². The maximum Gasteiger partial charge on any atom is 0.226 e. The molecule has 6 heteroatoms. The second-order valence-corrected chi connectivity index (χ2v) is 6.74. The average Bonchev–Trinajstić information content (AvgIpc) is 2.59.